The molecule has 0 aliphatic carbocycles. The van der Waals surface area contributed by atoms with Crippen LogP contribution in [0, 0.1) is 0 Å². The van der Waals surface area contributed by atoms with E-state index in [0.717, 1.165) is 0 Å². The first kappa shape index (κ1) is 14.2. The van der Waals surface area contributed by atoms with Crippen LogP contribution in [-0.4, -0.2) is 34.7 Å². The third-order valence-electron chi connectivity index (χ3n) is 1.30. The molecule has 0 saturated heterocycles. The molecule has 0 bridgehead atoms. The third kappa shape index (κ3) is 4.08. The van der Waals surface area contributed by atoms with E-state index in [2.05, 4.69) is 12.6 Å². The Labute approximate surface area is 119 Å². The number of hydrogen-bond acceptors (Lipinski definition) is 2. The van der Waals surface area contributed by atoms with Crippen molar-refractivity contribution in [3.63, 3.8) is 0 Å². The molecular weight excluding hydrogens is 261 g/mol. The Morgan fingerprint density at radius 2 is 1.77 bits per heavy atom. The molecule has 67 valence electrons. The number of hydrogen-bond donors (Lipinski definition) is 2. The summed E-state index contributed by atoms with van der Waals surface area (Å²) in [5, 5.41) is 9.21. The van der Waals surface area contributed by atoms with Crippen LogP contribution in [0.25, 0.3) is 0 Å². The summed E-state index contributed by atoms with van der Waals surface area (Å²) in [4.78, 5) is 0.452. The van der Waals surface area contributed by atoms with Crippen LogP contribution in [0.1, 0.15) is 5.56 Å². The molecule has 1 radical (unpaired) electrons. The van der Waals surface area contributed by atoms with E-state index < -0.39 is 3.79 Å². The van der Waals surface area contributed by atoms with Gasteiger partial charge >= 0.3 is 0 Å². The van der Waals surface area contributed by atoms with Gasteiger partial charge in [-0.1, -0.05) is 40.9 Å². The van der Waals surface area contributed by atoms with Gasteiger partial charge in [0.15, 0.2) is 0 Å². The number of phenols is 1. The fraction of sp³-hybridized carbons (Fsp3) is 0.143. The quantitative estimate of drug-likeness (QED) is 0.420. The van der Waals surface area contributed by atoms with Gasteiger partial charge in [0.05, 0.1) is 0 Å². The molecule has 0 spiro atoms. The van der Waals surface area contributed by atoms with E-state index >= 15 is 0 Å². The molecule has 0 fully saturated rings. The minimum absolute atomic E-state index is 0. The van der Waals surface area contributed by atoms with Crippen molar-refractivity contribution in [2.45, 2.75) is 8.69 Å². The molecule has 0 atom stereocenters. The number of rotatable bonds is 0. The number of aromatic hydroxyl groups is 1. The Morgan fingerprint density at radius 3 is 2.15 bits per heavy atom. The van der Waals surface area contributed by atoms with Crippen molar-refractivity contribution in [1.29, 1.82) is 0 Å². The predicted molar refractivity (Wildman–Crippen MR) is 60.3 cm³/mol. The van der Waals surface area contributed by atoms with Crippen LogP contribution in [0.15, 0.2) is 23.1 Å². The summed E-state index contributed by atoms with van der Waals surface area (Å²) in [6, 6.07) is 4.53. The van der Waals surface area contributed by atoms with Gasteiger partial charge in [0.1, 0.15) is 5.75 Å². The maximum Gasteiger partial charge on any atom is 0.216 e. The number of phenolic OH excluding ortho intramolecular Hbond substituents is 1. The molecule has 6 heteroatoms. The minimum Gasteiger partial charge on any atom is -0.507 e. The van der Waals surface area contributed by atoms with E-state index in [0.29, 0.717) is 10.5 Å². The van der Waals surface area contributed by atoms with Crippen LogP contribution in [0.4, 0.5) is 0 Å². The topological polar surface area (TPSA) is 20.2 Å². The molecule has 0 aliphatic rings. The fourth-order valence-corrected chi connectivity index (χ4v) is 1.19. The van der Waals surface area contributed by atoms with Gasteiger partial charge in [-0.05, 0) is 12.1 Å². The molecule has 1 rings (SSSR count). The van der Waals surface area contributed by atoms with Crippen molar-refractivity contribution in [1.82, 2.24) is 0 Å². The summed E-state index contributed by atoms with van der Waals surface area (Å²) < 4.78 is -1.50. The summed E-state index contributed by atoms with van der Waals surface area (Å²) >= 11 is 20.7. The molecule has 0 saturated carbocycles. The average Bonchev–Trinajstić information content (AvgIpc) is 1.92. The molecule has 13 heavy (non-hydrogen) atoms. The normalized spacial score (nSPS) is 10.8. The zero-order chi connectivity index (χ0) is 9.35. The van der Waals surface area contributed by atoms with E-state index in [9.17, 15) is 5.11 Å². The van der Waals surface area contributed by atoms with E-state index in [1.54, 1.807) is 12.1 Å². The van der Waals surface area contributed by atoms with Crippen LogP contribution in [0.2, 0.25) is 0 Å². The van der Waals surface area contributed by atoms with Crippen molar-refractivity contribution >= 4 is 77.0 Å². The van der Waals surface area contributed by atoms with E-state index in [1.807, 2.05) is 0 Å². The molecule has 0 unspecified atom stereocenters. The van der Waals surface area contributed by atoms with E-state index in [4.69, 9.17) is 34.8 Å². The predicted octanol–water partition coefficient (Wildman–Crippen LogP) is 3.13. The van der Waals surface area contributed by atoms with Crippen LogP contribution in [-0.2, 0) is 3.79 Å². The molecule has 0 heterocycles. The van der Waals surface area contributed by atoms with Gasteiger partial charge in [-0.15, -0.1) is 12.6 Å². The monoisotopic (exact) mass is 265 g/mol. The van der Waals surface area contributed by atoms with Crippen molar-refractivity contribution in [3.8, 4) is 5.75 Å². The van der Waals surface area contributed by atoms with Crippen LogP contribution >= 0.6 is 47.4 Å². The SMILES string of the molecule is Oc1cc(C(Cl)(Cl)Cl)ccc1S.[Na]. The summed E-state index contributed by atoms with van der Waals surface area (Å²) in [7, 11) is 0. The second-order valence-electron chi connectivity index (χ2n) is 2.20. The molecular formula is C7H5Cl3NaOS. The Morgan fingerprint density at radius 1 is 1.23 bits per heavy atom. The Kier molecular flexibility index (Phi) is 5.87. The van der Waals surface area contributed by atoms with Crippen molar-refractivity contribution < 1.29 is 5.11 Å². The van der Waals surface area contributed by atoms with Crippen LogP contribution in [0.5, 0.6) is 5.75 Å². The molecule has 1 N–H and O–H groups in total. The molecule has 0 amide bonds. The van der Waals surface area contributed by atoms with Crippen LogP contribution in [0.3, 0.4) is 0 Å². The second kappa shape index (κ2) is 5.36. The Hall–Kier alpha value is 1.24. The summed E-state index contributed by atoms with van der Waals surface area (Å²) in [6.07, 6.45) is 0. The minimum atomic E-state index is -1.50. The number of halogens is 3. The first-order chi connectivity index (χ1) is 5.41. The van der Waals surface area contributed by atoms with Crippen molar-refractivity contribution in [3.05, 3.63) is 23.8 Å². The zero-order valence-electron chi connectivity index (χ0n) is 6.76. The standard InChI is InChI=1S/C7H5Cl3OS.Na/c8-7(9,10)4-1-2-6(12)5(11)3-4;/h1-3,11-12H;. The maximum atomic E-state index is 9.21. The van der Waals surface area contributed by atoms with Gasteiger partial charge in [0, 0.05) is 40.0 Å². The summed E-state index contributed by atoms with van der Waals surface area (Å²) in [5.41, 5.74) is 0.419. The average molecular weight is 267 g/mol. The molecule has 0 aromatic heterocycles. The van der Waals surface area contributed by atoms with Crippen molar-refractivity contribution in [2.24, 2.45) is 0 Å². The van der Waals surface area contributed by atoms with E-state index in [1.165, 1.54) is 6.07 Å². The van der Waals surface area contributed by atoms with Gasteiger partial charge in [-0.25, -0.2) is 0 Å². The number of thiol groups is 1. The maximum absolute atomic E-state index is 9.21. The van der Waals surface area contributed by atoms with Crippen molar-refractivity contribution in [2.75, 3.05) is 0 Å². The molecule has 1 nitrogen and oxygen atoms in total. The Bertz CT molecular complexity index is 300. The van der Waals surface area contributed by atoms with Gasteiger partial charge < -0.3 is 5.11 Å². The summed E-state index contributed by atoms with van der Waals surface area (Å²) in [6.45, 7) is 0. The molecule has 1 aromatic rings. The first-order valence-corrected chi connectivity index (χ1v) is 4.58. The largest absolute Gasteiger partial charge is 0.507 e. The summed E-state index contributed by atoms with van der Waals surface area (Å²) in [5.74, 6) is 0.00200. The van der Waals surface area contributed by atoms with Gasteiger partial charge in [-0.3, -0.25) is 0 Å². The van der Waals surface area contributed by atoms with Crippen LogP contribution < -0.4 is 0 Å². The van der Waals surface area contributed by atoms with Gasteiger partial charge in [-0.2, -0.15) is 0 Å². The number of alkyl halides is 3. The molecule has 0 aliphatic heterocycles. The first-order valence-electron chi connectivity index (χ1n) is 3.00. The molecule has 1 aromatic carbocycles. The van der Waals surface area contributed by atoms with Gasteiger partial charge in [0.2, 0.25) is 3.79 Å². The van der Waals surface area contributed by atoms with E-state index in [-0.39, 0.29) is 35.3 Å². The Balaban J connectivity index is 0.00000144. The third-order valence-corrected chi connectivity index (χ3v) is 2.34. The van der Waals surface area contributed by atoms with Gasteiger partial charge in [0.25, 0.3) is 0 Å². The smallest absolute Gasteiger partial charge is 0.216 e. The second-order valence-corrected chi connectivity index (χ2v) is 4.96. The number of benzene rings is 1. The zero-order valence-corrected chi connectivity index (χ0v) is 11.9. The fourth-order valence-electron chi connectivity index (χ4n) is 0.700.